The van der Waals surface area contributed by atoms with Crippen molar-refractivity contribution in [2.75, 3.05) is 17.7 Å². The van der Waals surface area contributed by atoms with Crippen LogP contribution < -0.4 is 21.9 Å². The van der Waals surface area contributed by atoms with Crippen LogP contribution in [0.25, 0.3) is 0 Å². The Kier molecular flexibility index (Phi) is 3.13. The standard InChI is InChI=1S/C11H13N5O2/c1-16(6-7-2-4-8(12)5-3-7)9-10(17)13-11(18)15-14-9/h2-5H,6,12H2,1H3,(H2,13,15,17,18). The van der Waals surface area contributed by atoms with Crippen molar-refractivity contribution in [1.82, 2.24) is 15.2 Å². The van der Waals surface area contributed by atoms with Gasteiger partial charge >= 0.3 is 5.69 Å². The maximum Gasteiger partial charge on any atom is 0.342 e. The minimum absolute atomic E-state index is 0.159. The molecule has 1 aromatic heterocycles. The molecule has 0 unspecified atom stereocenters. The summed E-state index contributed by atoms with van der Waals surface area (Å²) in [7, 11) is 1.71. The average molecular weight is 247 g/mol. The van der Waals surface area contributed by atoms with Gasteiger partial charge in [-0.1, -0.05) is 12.1 Å². The molecule has 94 valence electrons. The van der Waals surface area contributed by atoms with Crippen LogP contribution in [-0.2, 0) is 6.54 Å². The van der Waals surface area contributed by atoms with E-state index in [0.29, 0.717) is 12.2 Å². The first kappa shape index (κ1) is 11.9. The van der Waals surface area contributed by atoms with E-state index in [1.165, 1.54) is 0 Å². The van der Waals surface area contributed by atoms with Gasteiger partial charge in [0, 0.05) is 19.3 Å². The zero-order chi connectivity index (χ0) is 13.1. The molecular weight excluding hydrogens is 234 g/mol. The molecule has 0 amide bonds. The third-order valence-electron chi connectivity index (χ3n) is 2.45. The molecule has 0 fully saturated rings. The van der Waals surface area contributed by atoms with Gasteiger partial charge in [-0.25, -0.2) is 9.89 Å². The maximum absolute atomic E-state index is 11.5. The van der Waals surface area contributed by atoms with Crippen LogP contribution in [0.15, 0.2) is 33.9 Å². The van der Waals surface area contributed by atoms with Crippen molar-refractivity contribution in [3.05, 3.63) is 50.7 Å². The zero-order valence-electron chi connectivity index (χ0n) is 9.80. The van der Waals surface area contributed by atoms with Crippen LogP contribution in [0.2, 0.25) is 0 Å². The number of H-pyrrole nitrogens is 2. The molecule has 0 aliphatic carbocycles. The first-order chi connectivity index (χ1) is 8.56. The highest BCUT2D eigenvalue weighted by molar-refractivity contribution is 5.41. The highest BCUT2D eigenvalue weighted by atomic mass is 16.2. The van der Waals surface area contributed by atoms with Crippen LogP contribution in [0.4, 0.5) is 11.5 Å². The highest BCUT2D eigenvalue weighted by Crippen LogP contribution is 2.09. The van der Waals surface area contributed by atoms with Gasteiger partial charge in [0.25, 0.3) is 5.56 Å². The number of rotatable bonds is 3. The van der Waals surface area contributed by atoms with E-state index in [-0.39, 0.29) is 5.82 Å². The summed E-state index contributed by atoms with van der Waals surface area (Å²) in [5.41, 5.74) is 6.12. The second kappa shape index (κ2) is 4.74. The van der Waals surface area contributed by atoms with Gasteiger partial charge in [-0.3, -0.25) is 9.78 Å². The van der Waals surface area contributed by atoms with E-state index in [2.05, 4.69) is 15.2 Å². The Morgan fingerprint density at radius 1 is 1.28 bits per heavy atom. The molecule has 4 N–H and O–H groups in total. The molecule has 2 rings (SSSR count). The van der Waals surface area contributed by atoms with Gasteiger partial charge in [0.05, 0.1) is 0 Å². The first-order valence-electron chi connectivity index (χ1n) is 5.31. The SMILES string of the molecule is CN(Cc1ccc(N)cc1)c1n[nH]c(=O)[nH]c1=O. The predicted molar refractivity (Wildman–Crippen MR) is 68.4 cm³/mol. The van der Waals surface area contributed by atoms with E-state index < -0.39 is 11.2 Å². The molecule has 0 bridgehead atoms. The lowest BCUT2D eigenvalue weighted by molar-refractivity contribution is 0.813. The number of nitrogens with two attached hydrogens (primary N) is 1. The Labute approximate surface area is 102 Å². The lowest BCUT2D eigenvalue weighted by Crippen LogP contribution is -2.31. The molecule has 0 atom stereocenters. The van der Waals surface area contributed by atoms with Crippen molar-refractivity contribution in [1.29, 1.82) is 0 Å². The molecule has 2 aromatic rings. The molecule has 0 spiro atoms. The number of nitrogens with one attached hydrogen (secondary N) is 2. The molecule has 0 aliphatic heterocycles. The summed E-state index contributed by atoms with van der Waals surface area (Å²) < 4.78 is 0. The van der Waals surface area contributed by atoms with Gasteiger partial charge in [-0.05, 0) is 17.7 Å². The van der Waals surface area contributed by atoms with Crippen LogP contribution in [0.5, 0.6) is 0 Å². The summed E-state index contributed by atoms with van der Waals surface area (Å²) in [5, 5.41) is 5.91. The van der Waals surface area contributed by atoms with Crippen LogP contribution in [0.3, 0.4) is 0 Å². The van der Waals surface area contributed by atoms with E-state index in [1.807, 2.05) is 12.1 Å². The Bertz CT molecular complexity index is 643. The van der Waals surface area contributed by atoms with Gasteiger partial charge < -0.3 is 10.6 Å². The summed E-state index contributed by atoms with van der Waals surface area (Å²) in [6.07, 6.45) is 0. The molecule has 0 aliphatic rings. The normalized spacial score (nSPS) is 10.3. The molecule has 0 saturated heterocycles. The lowest BCUT2D eigenvalue weighted by atomic mass is 10.2. The Morgan fingerprint density at radius 2 is 1.94 bits per heavy atom. The van der Waals surface area contributed by atoms with Crippen LogP contribution >= 0.6 is 0 Å². The van der Waals surface area contributed by atoms with Crippen molar-refractivity contribution in [3.63, 3.8) is 0 Å². The van der Waals surface area contributed by atoms with E-state index in [9.17, 15) is 9.59 Å². The molecule has 1 heterocycles. The van der Waals surface area contributed by atoms with Crippen LogP contribution in [0.1, 0.15) is 5.56 Å². The number of anilines is 2. The third kappa shape index (κ3) is 2.57. The Morgan fingerprint density at radius 3 is 2.56 bits per heavy atom. The lowest BCUT2D eigenvalue weighted by Gasteiger charge is -2.16. The second-order valence-electron chi connectivity index (χ2n) is 3.93. The fourth-order valence-corrected chi connectivity index (χ4v) is 1.57. The molecule has 0 radical (unpaired) electrons. The number of nitrogens with zero attached hydrogens (tertiary/aromatic N) is 2. The molecular formula is C11H13N5O2. The second-order valence-corrected chi connectivity index (χ2v) is 3.93. The summed E-state index contributed by atoms with van der Waals surface area (Å²) in [4.78, 5) is 26.1. The average Bonchev–Trinajstić information content (AvgIpc) is 2.32. The number of aromatic nitrogens is 3. The number of hydrogen-bond donors (Lipinski definition) is 3. The highest BCUT2D eigenvalue weighted by Gasteiger charge is 2.08. The third-order valence-corrected chi connectivity index (χ3v) is 2.45. The van der Waals surface area contributed by atoms with E-state index in [0.717, 1.165) is 5.56 Å². The van der Waals surface area contributed by atoms with Crippen molar-refractivity contribution in [2.45, 2.75) is 6.54 Å². The molecule has 1 aromatic carbocycles. The van der Waals surface area contributed by atoms with Crippen molar-refractivity contribution in [3.8, 4) is 0 Å². The Balaban J connectivity index is 2.21. The number of aromatic amines is 2. The number of nitrogen functional groups attached to an aromatic ring is 1. The quantitative estimate of drug-likeness (QED) is 0.644. The van der Waals surface area contributed by atoms with Gasteiger partial charge in [0.15, 0.2) is 0 Å². The van der Waals surface area contributed by atoms with Gasteiger partial charge in [-0.2, -0.15) is 0 Å². The van der Waals surface area contributed by atoms with E-state index in [4.69, 9.17) is 5.73 Å². The van der Waals surface area contributed by atoms with Gasteiger partial charge in [0.1, 0.15) is 0 Å². The monoisotopic (exact) mass is 247 g/mol. The zero-order valence-corrected chi connectivity index (χ0v) is 9.80. The summed E-state index contributed by atoms with van der Waals surface area (Å²) in [5.74, 6) is 0.159. The van der Waals surface area contributed by atoms with Crippen LogP contribution in [-0.4, -0.2) is 22.2 Å². The van der Waals surface area contributed by atoms with Crippen LogP contribution in [0, 0.1) is 0 Å². The maximum atomic E-state index is 11.5. The Hall–Kier alpha value is -2.57. The van der Waals surface area contributed by atoms with E-state index in [1.54, 1.807) is 24.1 Å². The topological polar surface area (TPSA) is 108 Å². The number of hydrogen-bond acceptors (Lipinski definition) is 5. The fraction of sp³-hybridized carbons (Fsp3) is 0.182. The van der Waals surface area contributed by atoms with Gasteiger partial charge in [0.2, 0.25) is 5.82 Å². The van der Waals surface area contributed by atoms with Gasteiger partial charge in [-0.15, -0.1) is 5.10 Å². The molecule has 0 saturated carbocycles. The largest absolute Gasteiger partial charge is 0.399 e. The summed E-state index contributed by atoms with van der Waals surface area (Å²) in [6, 6.07) is 7.30. The molecule has 7 heteroatoms. The molecule has 7 nitrogen and oxygen atoms in total. The predicted octanol–water partition coefficient (Wildman–Crippen LogP) is -0.323. The van der Waals surface area contributed by atoms with Crippen molar-refractivity contribution in [2.24, 2.45) is 0 Å². The van der Waals surface area contributed by atoms with Crippen molar-refractivity contribution >= 4 is 11.5 Å². The van der Waals surface area contributed by atoms with E-state index >= 15 is 0 Å². The summed E-state index contributed by atoms with van der Waals surface area (Å²) in [6.45, 7) is 0.488. The molecule has 18 heavy (non-hydrogen) atoms. The number of benzene rings is 1. The smallest absolute Gasteiger partial charge is 0.342 e. The van der Waals surface area contributed by atoms with Crippen molar-refractivity contribution < 1.29 is 0 Å². The summed E-state index contributed by atoms with van der Waals surface area (Å²) >= 11 is 0. The minimum atomic E-state index is -0.621. The first-order valence-corrected chi connectivity index (χ1v) is 5.31. The minimum Gasteiger partial charge on any atom is -0.399 e. The fourth-order valence-electron chi connectivity index (χ4n) is 1.57.